The first-order chi connectivity index (χ1) is 15.9. The van der Waals surface area contributed by atoms with Gasteiger partial charge in [-0.25, -0.2) is 0 Å². The van der Waals surface area contributed by atoms with Crippen molar-refractivity contribution in [3.05, 3.63) is 87.5 Å². The third kappa shape index (κ3) is 3.18. The largest absolute Gasteiger partial charge is 0.506 e. The van der Waals surface area contributed by atoms with Crippen molar-refractivity contribution in [3.63, 3.8) is 0 Å². The Morgan fingerprint density at radius 3 is 2.61 bits per heavy atom. The molecule has 7 nitrogen and oxygen atoms in total. The monoisotopic (exact) mass is 461 g/mol. The van der Waals surface area contributed by atoms with Crippen LogP contribution in [0.1, 0.15) is 27.0 Å². The van der Waals surface area contributed by atoms with Crippen LogP contribution in [0.4, 0.5) is 5.69 Å². The van der Waals surface area contributed by atoms with Crippen molar-refractivity contribution >= 4 is 39.7 Å². The van der Waals surface area contributed by atoms with Crippen molar-refractivity contribution in [1.29, 1.82) is 0 Å². The summed E-state index contributed by atoms with van der Waals surface area (Å²) in [5, 5.41) is 23.8. The van der Waals surface area contributed by atoms with E-state index in [-0.39, 0.29) is 22.8 Å². The Hall–Kier alpha value is -4.04. The molecular formula is C25H19NO6S. The third-order valence-corrected chi connectivity index (χ3v) is 6.77. The van der Waals surface area contributed by atoms with Crippen molar-refractivity contribution in [2.45, 2.75) is 13.0 Å². The zero-order chi connectivity index (χ0) is 23.3. The van der Waals surface area contributed by atoms with Gasteiger partial charge in [-0.05, 0) is 48.2 Å². The second-order valence-corrected chi connectivity index (χ2v) is 8.56. The summed E-state index contributed by atoms with van der Waals surface area (Å²) in [7, 11) is 1.50. The zero-order valence-corrected chi connectivity index (χ0v) is 18.6. The Kier molecular flexibility index (Phi) is 4.94. The molecule has 3 heterocycles. The highest BCUT2D eigenvalue weighted by molar-refractivity contribution is 7.10. The number of thiophene rings is 1. The number of carbonyl (C=O) groups excluding carboxylic acids is 2. The molecule has 33 heavy (non-hydrogen) atoms. The SMILES string of the molecule is COc1cccc2cc(C(=O)C3=C(O)C(=O)N(c4ccccc4O)C3c3sccc3C)oc12. The molecule has 0 aliphatic carbocycles. The van der Waals surface area contributed by atoms with Gasteiger partial charge in [0.1, 0.15) is 11.8 Å². The molecule has 1 aliphatic rings. The number of furan rings is 1. The van der Waals surface area contributed by atoms with Crippen LogP contribution in [0.25, 0.3) is 11.0 Å². The first-order valence-corrected chi connectivity index (χ1v) is 11.0. The van der Waals surface area contributed by atoms with E-state index in [0.717, 1.165) is 5.56 Å². The fourth-order valence-corrected chi connectivity index (χ4v) is 5.13. The Balaban J connectivity index is 1.68. The van der Waals surface area contributed by atoms with Crippen molar-refractivity contribution in [1.82, 2.24) is 0 Å². The minimum Gasteiger partial charge on any atom is -0.506 e. The van der Waals surface area contributed by atoms with E-state index in [1.165, 1.54) is 29.4 Å². The number of ketones is 1. The number of aromatic hydroxyl groups is 1. The summed E-state index contributed by atoms with van der Waals surface area (Å²) < 4.78 is 11.1. The molecule has 1 atom stereocenters. The molecular weight excluding hydrogens is 442 g/mol. The first-order valence-electron chi connectivity index (χ1n) is 10.1. The lowest BCUT2D eigenvalue weighted by Gasteiger charge is -2.26. The van der Waals surface area contributed by atoms with Gasteiger partial charge in [0.25, 0.3) is 5.91 Å². The van der Waals surface area contributed by atoms with Gasteiger partial charge in [0.2, 0.25) is 5.78 Å². The van der Waals surface area contributed by atoms with Gasteiger partial charge in [-0.2, -0.15) is 0 Å². The molecule has 1 amide bonds. The van der Waals surface area contributed by atoms with Gasteiger partial charge in [-0.15, -0.1) is 11.3 Å². The number of aliphatic hydroxyl groups excluding tert-OH is 1. The zero-order valence-electron chi connectivity index (χ0n) is 17.7. The van der Waals surface area contributed by atoms with Crippen molar-refractivity contribution < 1.29 is 29.0 Å². The average Bonchev–Trinajstić information content (AvgIpc) is 3.50. The standard InChI is InChI=1S/C25H19NO6S/c1-13-10-11-33-24(13)20-19(22(29)25(30)26(20)15-7-3-4-8-16(15)27)21(28)18-12-14-6-5-9-17(31-2)23(14)32-18/h3-12,20,27,29H,1-2H3. The van der Waals surface area contributed by atoms with Crippen LogP contribution in [0.15, 0.2) is 75.7 Å². The number of ether oxygens (including phenoxy) is 1. The molecule has 0 saturated carbocycles. The number of carbonyl (C=O) groups is 2. The molecule has 2 aromatic heterocycles. The maximum atomic E-state index is 13.7. The molecule has 2 aromatic carbocycles. The summed E-state index contributed by atoms with van der Waals surface area (Å²) in [6, 6.07) is 14.1. The summed E-state index contributed by atoms with van der Waals surface area (Å²) in [5.41, 5.74) is 1.34. The normalized spacial score (nSPS) is 16.1. The number of hydrogen-bond donors (Lipinski definition) is 2. The number of rotatable bonds is 5. The number of phenols is 1. The second kappa shape index (κ2) is 7.83. The second-order valence-electron chi connectivity index (χ2n) is 7.61. The number of Topliss-reactive ketones (excluding diaryl/α,β-unsaturated/α-hetero) is 1. The van der Waals surface area contributed by atoms with Gasteiger partial charge in [0, 0.05) is 10.3 Å². The molecule has 8 heteroatoms. The van der Waals surface area contributed by atoms with Crippen molar-refractivity contribution in [2.24, 2.45) is 0 Å². The Bertz CT molecular complexity index is 1450. The number of nitrogens with zero attached hydrogens (tertiary/aromatic N) is 1. The molecule has 0 fully saturated rings. The molecule has 0 bridgehead atoms. The lowest BCUT2D eigenvalue weighted by atomic mass is 9.98. The minimum absolute atomic E-state index is 0.0257. The van der Waals surface area contributed by atoms with Crippen LogP contribution >= 0.6 is 11.3 Å². The first kappa shape index (κ1) is 20.8. The molecule has 166 valence electrons. The Labute approximate surface area is 192 Å². The van der Waals surface area contributed by atoms with E-state index in [4.69, 9.17) is 9.15 Å². The fraction of sp³-hybridized carbons (Fsp3) is 0.120. The topological polar surface area (TPSA) is 100 Å². The lowest BCUT2D eigenvalue weighted by Crippen LogP contribution is -2.31. The summed E-state index contributed by atoms with van der Waals surface area (Å²) >= 11 is 1.36. The Morgan fingerprint density at radius 1 is 1.12 bits per heavy atom. The Morgan fingerprint density at radius 2 is 1.91 bits per heavy atom. The molecule has 1 aliphatic heterocycles. The van der Waals surface area contributed by atoms with Crippen LogP contribution in [0.2, 0.25) is 0 Å². The molecule has 0 radical (unpaired) electrons. The number of benzene rings is 2. The predicted molar refractivity (Wildman–Crippen MR) is 124 cm³/mol. The van der Waals surface area contributed by atoms with Crippen LogP contribution in [0, 0.1) is 6.92 Å². The lowest BCUT2D eigenvalue weighted by molar-refractivity contribution is -0.117. The van der Waals surface area contributed by atoms with E-state index < -0.39 is 23.5 Å². The molecule has 2 N–H and O–H groups in total. The number of aryl methyl sites for hydroxylation is 1. The number of hydrogen-bond acceptors (Lipinski definition) is 7. The number of methoxy groups -OCH3 is 1. The van der Waals surface area contributed by atoms with E-state index >= 15 is 0 Å². The van der Waals surface area contributed by atoms with Crippen molar-refractivity contribution in [2.75, 3.05) is 12.0 Å². The van der Waals surface area contributed by atoms with Crippen LogP contribution in [-0.2, 0) is 4.79 Å². The van der Waals surface area contributed by atoms with Crippen LogP contribution in [-0.4, -0.2) is 29.0 Å². The van der Waals surface area contributed by atoms with E-state index in [9.17, 15) is 19.8 Å². The maximum absolute atomic E-state index is 13.7. The summed E-state index contributed by atoms with van der Waals surface area (Å²) in [6.45, 7) is 1.86. The van der Waals surface area contributed by atoms with Gasteiger partial charge < -0.3 is 19.4 Å². The number of amides is 1. The molecule has 4 aromatic rings. The van der Waals surface area contributed by atoms with E-state index in [2.05, 4.69) is 0 Å². The molecule has 1 unspecified atom stereocenters. The quantitative estimate of drug-likeness (QED) is 0.391. The number of para-hydroxylation sites is 3. The number of phenolic OH excluding ortho intramolecular Hbond substituents is 1. The molecule has 0 saturated heterocycles. The summed E-state index contributed by atoms with van der Waals surface area (Å²) in [5.74, 6) is -1.76. The highest BCUT2D eigenvalue weighted by atomic mass is 32.1. The number of aliphatic hydroxyl groups is 1. The van der Waals surface area contributed by atoms with Gasteiger partial charge >= 0.3 is 0 Å². The van der Waals surface area contributed by atoms with Gasteiger partial charge in [-0.1, -0.05) is 24.3 Å². The minimum atomic E-state index is -0.923. The highest BCUT2D eigenvalue weighted by Crippen LogP contribution is 2.47. The molecule has 5 rings (SSSR count). The maximum Gasteiger partial charge on any atom is 0.294 e. The van der Waals surface area contributed by atoms with Crippen LogP contribution in [0.3, 0.4) is 0 Å². The van der Waals surface area contributed by atoms with E-state index in [0.29, 0.717) is 21.6 Å². The number of fused-ring (bicyclic) bond motifs is 1. The van der Waals surface area contributed by atoms with Gasteiger partial charge in [-0.3, -0.25) is 14.5 Å². The fourth-order valence-electron chi connectivity index (χ4n) is 4.11. The predicted octanol–water partition coefficient (Wildman–Crippen LogP) is 5.30. The van der Waals surface area contributed by atoms with Crippen LogP contribution < -0.4 is 9.64 Å². The smallest absolute Gasteiger partial charge is 0.294 e. The summed E-state index contributed by atoms with van der Waals surface area (Å²) in [4.78, 5) is 28.8. The van der Waals surface area contributed by atoms with Crippen molar-refractivity contribution in [3.8, 4) is 11.5 Å². The van der Waals surface area contributed by atoms with E-state index in [1.54, 1.807) is 42.5 Å². The summed E-state index contributed by atoms with van der Waals surface area (Å²) in [6.07, 6.45) is 0. The third-order valence-electron chi connectivity index (χ3n) is 5.70. The number of anilines is 1. The van der Waals surface area contributed by atoms with Crippen LogP contribution in [0.5, 0.6) is 11.5 Å². The van der Waals surface area contributed by atoms with Gasteiger partial charge in [0.05, 0.1) is 18.4 Å². The highest BCUT2D eigenvalue weighted by Gasteiger charge is 2.47. The average molecular weight is 461 g/mol. The molecule has 0 spiro atoms. The van der Waals surface area contributed by atoms with Gasteiger partial charge in [0.15, 0.2) is 22.9 Å². The van der Waals surface area contributed by atoms with E-state index in [1.807, 2.05) is 18.4 Å².